The number of anilines is 1. The fourth-order valence-corrected chi connectivity index (χ4v) is 2.15. The summed E-state index contributed by atoms with van der Waals surface area (Å²) >= 11 is 3.39. The van der Waals surface area contributed by atoms with E-state index in [1.807, 2.05) is 19.1 Å². The van der Waals surface area contributed by atoms with Gasteiger partial charge in [0.05, 0.1) is 12.3 Å². The third-order valence-corrected chi connectivity index (χ3v) is 2.84. The van der Waals surface area contributed by atoms with Crippen molar-refractivity contribution in [3.05, 3.63) is 22.2 Å². The van der Waals surface area contributed by atoms with Crippen LogP contribution in [0, 0.1) is 6.92 Å². The summed E-state index contributed by atoms with van der Waals surface area (Å²) in [6, 6.07) is 3.81. The molecule has 0 unspecified atom stereocenters. The maximum Gasteiger partial charge on any atom is 0.145 e. The molecule has 0 aliphatic heterocycles. The Kier molecular flexibility index (Phi) is 7.08. The molecule has 0 amide bonds. The standard InChI is InChI=1S/C13H20BrNO3/c1-10-8-11(14)9-12(15)13(10)18-7-6-17-5-3-4-16-2/h8-9H,3-7,15H2,1-2H3. The molecule has 4 nitrogen and oxygen atoms in total. The zero-order valence-corrected chi connectivity index (χ0v) is 12.5. The highest BCUT2D eigenvalue weighted by molar-refractivity contribution is 9.10. The van der Waals surface area contributed by atoms with E-state index in [1.54, 1.807) is 7.11 Å². The minimum atomic E-state index is 0.500. The molecule has 0 atom stereocenters. The molecule has 102 valence electrons. The van der Waals surface area contributed by atoms with Crippen LogP contribution in [0.4, 0.5) is 5.69 Å². The summed E-state index contributed by atoms with van der Waals surface area (Å²) in [5.74, 6) is 0.735. The van der Waals surface area contributed by atoms with Gasteiger partial charge in [-0.25, -0.2) is 0 Å². The fraction of sp³-hybridized carbons (Fsp3) is 0.538. The molecule has 0 saturated heterocycles. The van der Waals surface area contributed by atoms with Gasteiger partial charge in [0.1, 0.15) is 12.4 Å². The van der Waals surface area contributed by atoms with E-state index in [0.29, 0.717) is 25.5 Å². The van der Waals surface area contributed by atoms with Crippen LogP contribution in [0.2, 0.25) is 0 Å². The lowest BCUT2D eigenvalue weighted by atomic mass is 10.2. The Labute approximate surface area is 117 Å². The van der Waals surface area contributed by atoms with Gasteiger partial charge in [0.15, 0.2) is 0 Å². The Morgan fingerprint density at radius 1 is 1.17 bits per heavy atom. The number of hydrogen-bond acceptors (Lipinski definition) is 4. The SMILES string of the molecule is COCCCOCCOc1c(C)cc(Br)cc1N. The topological polar surface area (TPSA) is 53.7 Å². The van der Waals surface area contributed by atoms with E-state index >= 15 is 0 Å². The summed E-state index contributed by atoms with van der Waals surface area (Å²) in [7, 11) is 1.68. The zero-order chi connectivity index (χ0) is 13.4. The molecule has 1 rings (SSSR count). The number of nitrogens with two attached hydrogens (primary N) is 1. The highest BCUT2D eigenvalue weighted by atomic mass is 79.9. The zero-order valence-electron chi connectivity index (χ0n) is 10.9. The van der Waals surface area contributed by atoms with Crippen LogP contribution in [0.15, 0.2) is 16.6 Å². The first-order valence-corrected chi connectivity index (χ1v) is 6.69. The summed E-state index contributed by atoms with van der Waals surface area (Å²) in [4.78, 5) is 0. The summed E-state index contributed by atoms with van der Waals surface area (Å²) in [5, 5.41) is 0. The Balaban J connectivity index is 2.27. The van der Waals surface area contributed by atoms with Crippen LogP contribution in [0.1, 0.15) is 12.0 Å². The lowest BCUT2D eigenvalue weighted by molar-refractivity contribution is 0.0807. The van der Waals surface area contributed by atoms with Crippen molar-refractivity contribution in [2.75, 3.05) is 39.3 Å². The van der Waals surface area contributed by atoms with E-state index in [0.717, 1.165) is 28.8 Å². The van der Waals surface area contributed by atoms with Crippen molar-refractivity contribution in [1.29, 1.82) is 0 Å². The quantitative estimate of drug-likeness (QED) is 0.591. The smallest absolute Gasteiger partial charge is 0.145 e. The second-order valence-corrected chi connectivity index (χ2v) is 4.86. The number of ether oxygens (including phenoxy) is 3. The van der Waals surface area contributed by atoms with Gasteiger partial charge in [0, 0.05) is 24.8 Å². The molecule has 1 aromatic carbocycles. The van der Waals surface area contributed by atoms with Gasteiger partial charge < -0.3 is 19.9 Å². The highest BCUT2D eigenvalue weighted by Gasteiger charge is 2.05. The van der Waals surface area contributed by atoms with Crippen LogP contribution in [-0.4, -0.2) is 33.5 Å². The molecular formula is C13H20BrNO3. The van der Waals surface area contributed by atoms with Crippen molar-refractivity contribution in [3.8, 4) is 5.75 Å². The van der Waals surface area contributed by atoms with Gasteiger partial charge in [-0.05, 0) is 31.0 Å². The molecule has 0 aliphatic carbocycles. The second-order valence-electron chi connectivity index (χ2n) is 3.95. The minimum absolute atomic E-state index is 0.500. The fourth-order valence-electron chi connectivity index (χ4n) is 1.56. The molecule has 0 spiro atoms. The maximum atomic E-state index is 5.89. The number of methoxy groups -OCH3 is 1. The van der Waals surface area contributed by atoms with E-state index in [9.17, 15) is 0 Å². The first kappa shape index (κ1) is 15.3. The Morgan fingerprint density at radius 3 is 2.61 bits per heavy atom. The Bertz CT molecular complexity index is 348. The molecule has 0 heterocycles. The molecule has 1 aromatic rings. The molecule has 2 N–H and O–H groups in total. The maximum absolute atomic E-state index is 5.89. The van der Waals surface area contributed by atoms with Crippen molar-refractivity contribution in [2.24, 2.45) is 0 Å². The molecule has 0 bridgehead atoms. The average molecular weight is 318 g/mol. The third kappa shape index (κ3) is 5.25. The van der Waals surface area contributed by atoms with Gasteiger partial charge in [0.25, 0.3) is 0 Å². The molecule has 0 aliphatic rings. The van der Waals surface area contributed by atoms with Crippen LogP contribution in [0.5, 0.6) is 5.75 Å². The van der Waals surface area contributed by atoms with Gasteiger partial charge in [-0.15, -0.1) is 0 Å². The Morgan fingerprint density at radius 2 is 1.94 bits per heavy atom. The van der Waals surface area contributed by atoms with Crippen molar-refractivity contribution < 1.29 is 14.2 Å². The van der Waals surface area contributed by atoms with E-state index < -0.39 is 0 Å². The number of aryl methyl sites for hydroxylation is 1. The molecule has 0 fully saturated rings. The normalized spacial score (nSPS) is 10.6. The minimum Gasteiger partial charge on any atom is -0.489 e. The van der Waals surface area contributed by atoms with Crippen molar-refractivity contribution in [2.45, 2.75) is 13.3 Å². The molecule has 0 aromatic heterocycles. The van der Waals surface area contributed by atoms with Crippen LogP contribution in [-0.2, 0) is 9.47 Å². The molecule has 5 heteroatoms. The van der Waals surface area contributed by atoms with Crippen LogP contribution in [0.25, 0.3) is 0 Å². The van der Waals surface area contributed by atoms with Crippen molar-refractivity contribution in [1.82, 2.24) is 0 Å². The van der Waals surface area contributed by atoms with Crippen LogP contribution >= 0.6 is 15.9 Å². The second kappa shape index (κ2) is 8.34. The lowest BCUT2D eigenvalue weighted by Gasteiger charge is -2.12. The predicted molar refractivity (Wildman–Crippen MR) is 76.1 cm³/mol. The van der Waals surface area contributed by atoms with Crippen LogP contribution < -0.4 is 10.5 Å². The molecule has 0 saturated carbocycles. The van der Waals surface area contributed by atoms with Gasteiger partial charge in [-0.2, -0.15) is 0 Å². The van der Waals surface area contributed by atoms with E-state index in [1.165, 1.54) is 0 Å². The number of rotatable bonds is 8. The lowest BCUT2D eigenvalue weighted by Crippen LogP contribution is -2.10. The van der Waals surface area contributed by atoms with Gasteiger partial charge >= 0.3 is 0 Å². The molecule has 0 radical (unpaired) electrons. The van der Waals surface area contributed by atoms with E-state index in [-0.39, 0.29) is 0 Å². The number of benzene rings is 1. The van der Waals surface area contributed by atoms with E-state index in [4.69, 9.17) is 19.9 Å². The summed E-state index contributed by atoms with van der Waals surface area (Å²) < 4.78 is 16.9. The van der Waals surface area contributed by atoms with E-state index in [2.05, 4.69) is 15.9 Å². The largest absolute Gasteiger partial charge is 0.489 e. The number of halogens is 1. The molecular weight excluding hydrogens is 298 g/mol. The summed E-state index contributed by atoms with van der Waals surface area (Å²) in [5.41, 5.74) is 7.55. The van der Waals surface area contributed by atoms with Gasteiger partial charge in [0.2, 0.25) is 0 Å². The Hall–Kier alpha value is -0.780. The monoisotopic (exact) mass is 317 g/mol. The van der Waals surface area contributed by atoms with Crippen molar-refractivity contribution >= 4 is 21.6 Å². The predicted octanol–water partition coefficient (Wildman–Crippen LogP) is 2.77. The van der Waals surface area contributed by atoms with Crippen molar-refractivity contribution in [3.63, 3.8) is 0 Å². The van der Waals surface area contributed by atoms with Gasteiger partial charge in [-0.1, -0.05) is 15.9 Å². The first-order chi connectivity index (χ1) is 8.65. The number of nitrogen functional groups attached to an aromatic ring is 1. The summed E-state index contributed by atoms with van der Waals surface area (Å²) in [6.07, 6.45) is 0.899. The highest BCUT2D eigenvalue weighted by Crippen LogP contribution is 2.29. The average Bonchev–Trinajstić information content (AvgIpc) is 2.30. The number of hydrogen-bond donors (Lipinski definition) is 1. The summed E-state index contributed by atoms with van der Waals surface area (Å²) in [6.45, 7) is 4.43. The first-order valence-electron chi connectivity index (χ1n) is 5.90. The van der Waals surface area contributed by atoms with Gasteiger partial charge in [-0.3, -0.25) is 0 Å². The molecule has 18 heavy (non-hydrogen) atoms. The third-order valence-electron chi connectivity index (χ3n) is 2.38. The van der Waals surface area contributed by atoms with Crippen LogP contribution in [0.3, 0.4) is 0 Å².